The van der Waals surface area contributed by atoms with Gasteiger partial charge in [0, 0.05) is 24.9 Å². The van der Waals surface area contributed by atoms with Gasteiger partial charge in [-0.05, 0) is 43.0 Å². The van der Waals surface area contributed by atoms with Crippen LogP contribution in [0.3, 0.4) is 0 Å². The van der Waals surface area contributed by atoms with Crippen LogP contribution in [0.25, 0.3) is 11.4 Å². The van der Waals surface area contributed by atoms with Crippen molar-refractivity contribution >= 4 is 5.91 Å². The fraction of sp³-hybridized carbons (Fsp3) is 0.429. The van der Waals surface area contributed by atoms with E-state index in [0.29, 0.717) is 24.9 Å². The Bertz CT molecular complexity index is 828. The molecule has 0 spiro atoms. The Hall–Kier alpha value is -2.96. The smallest absolute Gasteiger partial charge is 0.273 e. The average Bonchev–Trinajstić information content (AvgIpc) is 2.67. The fourth-order valence-electron chi connectivity index (χ4n) is 2.44. The van der Waals surface area contributed by atoms with E-state index in [1.165, 1.54) is 0 Å². The SMILES string of the molecule is C=CCCOc1ccc(-c2nnc(CCC(=O)NCCC(C)C)c(=O)[nH]2)cc1. The van der Waals surface area contributed by atoms with Crippen molar-refractivity contribution < 1.29 is 9.53 Å². The second-order valence-electron chi connectivity index (χ2n) is 6.93. The molecule has 0 radical (unpaired) electrons. The van der Waals surface area contributed by atoms with E-state index >= 15 is 0 Å². The second kappa shape index (κ2) is 11.0. The van der Waals surface area contributed by atoms with Gasteiger partial charge in [-0.2, -0.15) is 0 Å². The molecule has 1 amide bonds. The third-order valence-electron chi connectivity index (χ3n) is 4.12. The molecule has 150 valence electrons. The van der Waals surface area contributed by atoms with Gasteiger partial charge in [0.25, 0.3) is 5.56 Å². The van der Waals surface area contributed by atoms with Crippen LogP contribution >= 0.6 is 0 Å². The molecule has 0 fully saturated rings. The molecule has 0 saturated carbocycles. The molecule has 0 aliphatic carbocycles. The van der Waals surface area contributed by atoms with Crippen molar-refractivity contribution in [3.8, 4) is 17.1 Å². The predicted octanol–water partition coefficient (Wildman–Crippen LogP) is 2.88. The standard InChI is InChI=1S/C21H28N4O3/c1-4-5-14-28-17-8-6-16(7-9-17)20-23-21(27)18(24-25-20)10-11-19(26)22-13-12-15(2)3/h4,6-9,15H,1,5,10-14H2,2-3H3,(H,22,26)(H,23,25,27). The number of amides is 1. The lowest BCUT2D eigenvalue weighted by atomic mass is 10.1. The molecule has 2 aromatic rings. The Morgan fingerprint density at radius 3 is 2.68 bits per heavy atom. The van der Waals surface area contributed by atoms with Crippen molar-refractivity contribution in [3.63, 3.8) is 0 Å². The van der Waals surface area contributed by atoms with E-state index in [9.17, 15) is 9.59 Å². The lowest BCUT2D eigenvalue weighted by Crippen LogP contribution is -2.27. The molecule has 0 atom stereocenters. The minimum atomic E-state index is -0.328. The van der Waals surface area contributed by atoms with Crippen LogP contribution in [0, 0.1) is 5.92 Å². The van der Waals surface area contributed by atoms with Gasteiger partial charge in [0.1, 0.15) is 11.4 Å². The number of ether oxygens (including phenoxy) is 1. The maximum atomic E-state index is 12.2. The average molecular weight is 384 g/mol. The van der Waals surface area contributed by atoms with E-state index in [2.05, 4.69) is 40.9 Å². The highest BCUT2D eigenvalue weighted by Crippen LogP contribution is 2.18. The van der Waals surface area contributed by atoms with Crippen molar-refractivity contribution in [1.29, 1.82) is 0 Å². The molecule has 0 aliphatic heterocycles. The molecule has 0 saturated heterocycles. The minimum absolute atomic E-state index is 0.0852. The van der Waals surface area contributed by atoms with Crippen molar-refractivity contribution in [2.45, 2.75) is 39.5 Å². The number of nitrogens with one attached hydrogen (secondary N) is 2. The third kappa shape index (κ3) is 6.98. The van der Waals surface area contributed by atoms with Crippen LogP contribution in [-0.4, -0.2) is 34.2 Å². The molecule has 7 heteroatoms. The monoisotopic (exact) mass is 384 g/mol. The van der Waals surface area contributed by atoms with Crippen LogP contribution in [0.5, 0.6) is 5.75 Å². The molecule has 1 heterocycles. The maximum Gasteiger partial charge on any atom is 0.273 e. The van der Waals surface area contributed by atoms with Gasteiger partial charge in [0.05, 0.1) is 6.61 Å². The Balaban J connectivity index is 1.91. The number of rotatable bonds is 11. The Kier molecular flexibility index (Phi) is 8.39. The highest BCUT2D eigenvalue weighted by atomic mass is 16.5. The highest BCUT2D eigenvalue weighted by Gasteiger charge is 2.10. The molecule has 2 N–H and O–H groups in total. The third-order valence-corrected chi connectivity index (χ3v) is 4.12. The fourth-order valence-corrected chi connectivity index (χ4v) is 2.44. The molecule has 0 unspecified atom stereocenters. The van der Waals surface area contributed by atoms with Crippen molar-refractivity contribution in [3.05, 3.63) is 53.0 Å². The van der Waals surface area contributed by atoms with Crippen LogP contribution in [0.2, 0.25) is 0 Å². The number of aromatic amines is 1. The Morgan fingerprint density at radius 2 is 2.04 bits per heavy atom. The molecule has 2 rings (SSSR count). The predicted molar refractivity (Wildman–Crippen MR) is 109 cm³/mol. The summed E-state index contributed by atoms with van der Waals surface area (Å²) in [5.41, 5.74) is 0.664. The quantitative estimate of drug-likeness (QED) is 0.459. The second-order valence-corrected chi connectivity index (χ2v) is 6.93. The zero-order chi connectivity index (χ0) is 20.4. The van der Waals surface area contributed by atoms with Gasteiger partial charge in [0.2, 0.25) is 5.91 Å². The minimum Gasteiger partial charge on any atom is -0.493 e. The summed E-state index contributed by atoms with van der Waals surface area (Å²) in [4.78, 5) is 26.8. The summed E-state index contributed by atoms with van der Waals surface area (Å²) in [5, 5.41) is 10.9. The Morgan fingerprint density at radius 1 is 1.29 bits per heavy atom. The summed E-state index contributed by atoms with van der Waals surface area (Å²) in [6.07, 6.45) is 3.97. The van der Waals surface area contributed by atoms with E-state index in [1.807, 2.05) is 24.3 Å². The normalized spacial score (nSPS) is 10.7. The van der Waals surface area contributed by atoms with Crippen LogP contribution < -0.4 is 15.6 Å². The molecule has 0 bridgehead atoms. The lowest BCUT2D eigenvalue weighted by Gasteiger charge is -2.07. The number of nitrogens with zero attached hydrogens (tertiary/aromatic N) is 2. The summed E-state index contributed by atoms with van der Waals surface area (Å²) >= 11 is 0. The maximum absolute atomic E-state index is 12.2. The first-order chi connectivity index (χ1) is 13.5. The number of H-pyrrole nitrogens is 1. The molecule has 1 aromatic heterocycles. The summed E-state index contributed by atoms with van der Waals surface area (Å²) < 4.78 is 5.56. The zero-order valence-electron chi connectivity index (χ0n) is 16.5. The summed E-state index contributed by atoms with van der Waals surface area (Å²) in [5.74, 6) is 1.57. The summed E-state index contributed by atoms with van der Waals surface area (Å²) in [7, 11) is 0. The Labute approximate surface area is 165 Å². The van der Waals surface area contributed by atoms with Crippen LogP contribution in [-0.2, 0) is 11.2 Å². The molecular formula is C21H28N4O3. The largest absolute Gasteiger partial charge is 0.493 e. The van der Waals surface area contributed by atoms with Gasteiger partial charge in [0.15, 0.2) is 5.82 Å². The van der Waals surface area contributed by atoms with E-state index in [0.717, 1.165) is 24.2 Å². The van der Waals surface area contributed by atoms with E-state index in [4.69, 9.17) is 4.74 Å². The molecule has 7 nitrogen and oxygen atoms in total. The van der Waals surface area contributed by atoms with Crippen molar-refractivity contribution in [2.24, 2.45) is 5.92 Å². The van der Waals surface area contributed by atoms with Gasteiger partial charge in [-0.3, -0.25) is 9.59 Å². The van der Waals surface area contributed by atoms with Gasteiger partial charge < -0.3 is 15.0 Å². The number of carbonyl (C=O) groups excluding carboxylic acids is 1. The van der Waals surface area contributed by atoms with Crippen molar-refractivity contribution in [1.82, 2.24) is 20.5 Å². The molecular weight excluding hydrogens is 356 g/mol. The first-order valence-electron chi connectivity index (χ1n) is 9.56. The molecule has 0 aliphatic rings. The molecule has 28 heavy (non-hydrogen) atoms. The lowest BCUT2D eigenvalue weighted by molar-refractivity contribution is -0.121. The zero-order valence-corrected chi connectivity index (χ0v) is 16.5. The van der Waals surface area contributed by atoms with Gasteiger partial charge in [-0.25, -0.2) is 0 Å². The van der Waals surface area contributed by atoms with Gasteiger partial charge in [-0.15, -0.1) is 16.8 Å². The number of benzene rings is 1. The first kappa shape index (κ1) is 21.3. The van der Waals surface area contributed by atoms with Crippen molar-refractivity contribution in [2.75, 3.05) is 13.2 Å². The number of hydrogen-bond donors (Lipinski definition) is 2. The summed E-state index contributed by atoms with van der Waals surface area (Å²) in [6, 6.07) is 7.25. The number of carbonyl (C=O) groups is 1. The van der Waals surface area contributed by atoms with Gasteiger partial charge >= 0.3 is 0 Å². The number of aryl methyl sites for hydroxylation is 1. The number of hydrogen-bond acceptors (Lipinski definition) is 5. The van der Waals surface area contributed by atoms with E-state index in [1.54, 1.807) is 6.08 Å². The molecule has 1 aromatic carbocycles. The van der Waals surface area contributed by atoms with Crippen LogP contribution in [0.15, 0.2) is 41.7 Å². The topological polar surface area (TPSA) is 97.0 Å². The van der Waals surface area contributed by atoms with Crippen LogP contribution in [0.1, 0.15) is 38.8 Å². The number of aromatic nitrogens is 3. The van der Waals surface area contributed by atoms with Crippen LogP contribution in [0.4, 0.5) is 0 Å². The van der Waals surface area contributed by atoms with E-state index in [-0.39, 0.29) is 30.0 Å². The highest BCUT2D eigenvalue weighted by molar-refractivity contribution is 5.76. The van der Waals surface area contributed by atoms with Gasteiger partial charge in [-0.1, -0.05) is 19.9 Å². The summed E-state index contributed by atoms with van der Waals surface area (Å²) in [6.45, 7) is 9.07. The first-order valence-corrected chi connectivity index (χ1v) is 9.56. The van der Waals surface area contributed by atoms with E-state index < -0.39 is 0 Å².